The van der Waals surface area contributed by atoms with E-state index in [2.05, 4.69) is 45.7 Å². The van der Waals surface area contributed by atoms with E-state index in [-0.39, 0.29) is 55.7 Å². The smallest absolute Gasteiger partial charge is 0.271 e. The summed E-state index contributed by atoms with van der Waals surface area (Å²) in [5.41, 5.74) is 27.9. The molecule has 0 aliphatic rings. The molecular formula is C77H91Cl5N12O8S2. The van der Waals surface area contributed by atoms with E-state index >= 15 is 0 Å². The lowest BCUT2D eigenvalue weighted by molar-refractivity contribution is -0.385. The molecular weight excluding hydrogens is 1460 g/mol. The van der Waals surface area contributed by atoms with E-state index in [0.717, 1.165) is 71.7 Å². The molecule has 4 aromatic heterocycles. The molecule has 0 aliphatic heterocycles. The van der Waals surface area contributed by atoms with E-state index < -0.39 is 28.9 Å². The van der Waals surface area contributed by atoms with Crippen molar-refractivity contribution in [1.29, 1.82) is 0 Å². The standard InChI is InChI=1S/C23H23ClN4O2S.C13H12N4.C10H12Cl2O2S.C10H12ClNO2.C10H14ClN.C10H14N2O2.CH4/c1-15-13-22(28(26-15)21-9-5-8-20-17(21)7-6-12-25-20)27-31(29,30)16-10-11-18(19(24)14-16)23(2,3)4;1-9-8-13(14)17(16-9)12-6-2-5-11-10(12)4-3-7-15-11;1-10(2,3)8-5-4-7(6-9(8)11)15(12,13)14;1-10(2,3)8-5-4-7(12(13)14)6-9(8)11;1-10(2,3)8-5-4-7(12)6-9(8)11;1-10(2,3)8-5-4-7(12(13)14)6-9(8)11;/h5-14,27H,1-4H3;2-8H,14H2,1H3;4-6H,1-3H3;4-6H,1-3H3;4-6H,12H2,1-3H3;4-6H,11H2,1-3H3;1H4. The molecule has 0 spiro atoms. The number of aromatic nitrogens is 6. The van der Waals surface area contributed by atoms with Crippen LogP contribution in [-0.4, -0.2) is 56.2 Å². The number of pyridine rings is 2. The van der Waals surface area contributed by atoms with Gasteiger partial charge in [0.05, 0.1) is 58.5 Å². The zero-order chi connectivity index (χ0) is 77.3. The SMILES string of the molecule is C.CC(C)(C)c1ccc(N)cc1Cl.CC(C)(C)c1ccc(S(=O)(=O)Cl)cc1Cl.CC(C)(C)c1ccc([N+](=O)[O-])cc1Cl.CC(C)(C)c1ccc([N+](=O)[O-])cc1N.Cc1cc(N)n(-c2cccc3ncccc23)n1.Cc1cc(NS(=O)(=O)c2ccc(C(C)(C)C)c(Cl)c2)n(-c2cccc3ncccc23)n1. The molecule has 0 bridgehead atoms. The number of nitrogen functional groups attached to an aromatic ring is 3. The molecule has 7 aromatic carbocycles. The third-order valence-corrected chi connectivity index (χ3v) is 19.5. The van der Waals surface area contributed by atoms with Crippen LogP contribution >= 0.6 is 57.1 Å². The van der Waals surface area contributed by atoms with Crippen LogP contribution in [0.25, 0.3) is 33.2 Å². The van der Waals surface area contributed by atoms with Crippen LogP contribution in [0.15, 0.2) is 186 Å². The van der Waals surface area contributed by atoms with Crippen LogP contribution < -0.4 is 21.9 Å². The summed E-state index contributed by atoms with van der Waals surface area (Å²) in [6, 6.07) is 47.0. The predicted octanol–water partition coefficient (Wildman–Crippen LogP) is 21.2. The van der Waals surface area contributed by atoms with Crippen LogP contribution in [-0.2, 0) is 46.1 Å². The van der Waals surface area contributed by atoms with Crippen LogP contribution in [0.2, 0.25) is 20.1 Å². The van der Waals surface area contributed by atoms with Gasteiger partial charge in [0.2, 0.25) is 0 Å². The van der Waals surface area contributed by atoms with E-state index in [1.807, 2.05) is 176 Å². The molecule has 11 rings (SSSR count). The van der Waals surface area contributed by atoms with Crippen molar-refractivity contribution in [2.75, 3.05) is 21.9 Å². The molecule has 20 nitrogen and oxygen atoms in total. The average molecular weight is 1550 g/mol. The van der Waals surface area contributed by atoms with Gasteiger partial charge in [0.15, 0.2) is 0 Å². The molecule has 0 atom stereocenters. The van der Waals surface area contributed by atoms with E-state index in [1.165, 1.54) is 42.5 Å². The number of aryl methyl sites for hydroxylation is 2. The lowest BCUT2D eigenvalue weighted by Crippen LogP contribution is -2.17. The van der Waals surface area contributed by atoms with Crippen molar-refractivity contribution in [1.82, 2.24) is 29.5 Å². The number of benzene rings is 7. The van der Waals surface area contributed by atoms with Crippen LogP contribution in [0.4, 0.5) is 34.4 Å². The minimum absolute atomic E-state index is 0. The van der Waals surface area contributed by atoms with Crippen molar-refractivity contribution in [2.24, 2.45) is 0 Å². The number of fused-ring (bicyclic) bond motifs is 2. The summed E-state index contributed by atoms with van der Waals surface area (Å²) in [6.07, 6.45) is 3.50. The second kappa shape index (κ2) is 34.4. The number of anilines is 4. The maximum atomic E-state index is 13.1. The average Bonchev–Trinajstić information content (AvgIpc) is 1.50. The van der Waals surface area contributed by atoms with E-state index in [0.29, 0.717) is 43.8 Å². The Balaban J connectivity index is 0.000000233. The second-order valence-corrected chi connectivity index (χ2v) is 35.0. The number of sulfonamides is 1. The van der Waals surface area contributed by atoms with E-state index in [4.69, 9.17) is 74.3 Å². The molecule has 0 saturated carbocycles. The topological polar surface area (TPSA) is 306 Å². The Hall–Kier alpha value is -8.87. The first kappa shape index (κ1) is 85.8. The quantitative estimate of drug-likeness (QED) is 0.0476. The summed E-state index contributed by atoms with van der Waals surface area (Å²) in [6.45, 7) is 34.3. The highest BCUT2D eigenvalue weighted by Gasteiger charge is 2.26. The van der Waals surface area contributed by atoms with Crippen LogP contribution in [0, 0.1) is 34.1 Å². The Morgan fingerprint density at radius 2 is 0.817 bits per heavy atom. The minimum atomic E-state index is -3.88. The van der Waals surface area contributed by atoms with Gasteiger partial charge >= 0.3 is 0 Å². The fourth-order valence-electron chi connectivity index (χ4n) is 10.4. The number of hydrogen-bond donors (Lipinski definition) is 4. The number of halogens is 5. The third-order valence-electron chi connectivity index (χ3n) is 15.5. The Bertz CT molecular complexity index is 5050. The fourth-order valence-corrected chi connectivity index (χ4v) is 14.3. The Labute approximate surface area is 635 Å². The number of rotatable bonds is 8. The number of hydrogen-bond acceptors (Lipinski definition) is 15. The van der Waals surface area contributed by atoms with Gasteiger partial charge in [-0.2, -0.15) is 10.2 Å². The summed E-state index contributed by atoms with van der Waals surface area (Å²) in [7, 11) is -2.37. The molecule has 7 N–H and O–H groups in total. The maximum absolute atomic E-state index is 13.1. The van der Waals surface area contributed by atoms with Gasteiger partial charge < -0.3 is 17.2 Å². The number of nitro groups is 2. The summed E-state index contributed by atoms with van der Waals surface area (Å²) in [4.78, 5) is 28.9. The number of nitrogens with two attached hydrogens (primary N) is 3. The lowest BCUT2D eigenvalue weighted by atomic mass is 9.86. The highest BCUT2D eigenvalue weighted by atomic mass is 35.7. The Morgan fingerprint density at radius 1 is 0.442 bits per heavy atom. The fraction of sp³-hybridized carbons (Fsp3) is 0.299. The Kier molecular flexibility index (Phi) is 28.3. The first-order valence-electron chi connectivity index (χ1n) is 32.2. The largest absolute Gasteiger partial charge is 0.399 e. The zero-order valence-corrected chi connectivity index (χ0v) is 65.9. The van der Waals surface area contributed by atoms with Crippen molar-refractivity contribution in [2.45, 2.75) is 162 Å². The van der Waals surface area contributed by atoms with Crippen molar-refractivity contribution in [3.8, 4) is 11.4 Å². The van der Waals surface area contributed by atoms with Gasteiger partial charge in [-0.25, -0.2) is 26.2 Å². The second-order valence-electron chi connectivity index (χ2n) is 29.2. The van der Waals surface area contributed by atoms with Gasteiger partial charge in [-0.1, -0.05) is 194 Å². The first-order chi connectivity index (χ1) is 47.5. The molecule has 554 valence electrons. The monoisotopic (exact) mass is 1550 g/mol. The van der Waals surface area contributed by atoms with Gasteiger partial charge in [-0.05, 0) is 160 Å². The van der Waals surface area contributed by atoms with Crippen LogP contribution in [0.5, 0.6) is 0 Å². The predicted molar refractivity (Wildman–Crippen MR) is 430 cm³/mol. The van der Waals surface area contributed by atoms with Gasteiger partial charge in [0.1, 0.15) is 11.6 Å². The first-order valence-corrected chi connectivity index (χ1v) is 37.5. The number of nitrogens with one attached hydrogen (secondary N) is 1. The highest BCUT2D eigenvalue weighted by Crippen LogP contribution is 2.37. The normalized spacial score (nSPS) is 11.7. The summed E-state index contributed by atoms with van der Waals surface area (Å²) in [5, 5.41) is 33.8. The van der Waals surface area contributed by atoms with Crippen LogP contribution in [0.3, 0.4) is 0 Å². The summed E-state index contributed by atoms with van der Waals surface area (Å²) in [5.74, 6) is 0.976. The summed E-state index contributed by atoms with van der Waals surface area (Å²) < 4.78 is 54.4. The molecule has 4 heterocycles. The molecule has 0 unspecified atom stereocenters. The van der Waals surface area contributed by atoms with Crippen molar-refractivity contribution in [3.05, 3.63) is 256 Å². The number of nitro benzene ring substituents is 2. The molecule has 0 aliphatic carbocycles. The molecule has 27 heteroatoms. The summed E-state index contributed by atoms with van der Waals surface area (Å²) >= 11 is 24.4. The van der Waals surface area contributed by atoms with Crippen molar-refractivity contribution >= 4 is 132 Å². The highest BCUT2D eigenvalue weighted by molar-refractivity contribution is 8.13. The maximum Gasteiger partial charge on any atom is 0.271 e. The van der Waals surface area contributed by atoms with Gasteiger partial charge in [-0.3, -0.25) is 34.9 Å². The lowest BCUT2D eigenvalue weighted by Gasteiger charge is -2.21. The molecule has 0 amide bonds. The van der Waals surface area contributed by atoms with E-state index in [9.17, 15) is 37.1 Å². The number of non-ortho nitro benzene ring substituents is 2. The Morgan fingerprint density at radius 3 is 1.21 bits per heavy atom. The van der Waals surface area contributed by atoms with Crippen molar-refractivity contribution < 1.29 is 26.7 Å². The van der Waals surface area contributed by atoms with Gasteiger partial charge in [-0.15, -0.1) is 0 Å². The molecule has 11 aromatic rings. The molecule has 0 fully saturated rings. The van der Waals surface area contributed by atoms with Gasteiger partial charge in [0, 0.05) is 96.7 Å². The third kappa shape index (κ3) is 23.1. The molecule has 104 heavy (non-hydrogen) atoms. The molecule has 0 radical (unpaired) electrons. The van der Waals surface area contributed by atoms with Gasteiger partial charge in [0.25, 0.3) is 30.4 Å². The number of nitrogens with zero attached hydrogens (tertiary/aromatic N) is 8. The van der Waals surface area contributed by atoms with E-state index in [1.54, 1.807) is 64.2 Å². The molecule has 0 saturated heterocycles. The van der Waals surface area contributed by atoms with Crippen LogP contribution in [0.1, 0.15) is 150 Å². The zero-order valence-electron chi connectivity index (χ0n) is 60.5. The minimum Gasteiger partial charge on any atom is -0.399 e. The van der Waals surface area contributed by atoms with Crippen molar-refractivity contribution in [3.63, 3.8) is 0 Å².